The van der Waals surface area contributed by atoms with Crippen LogP contribution in [0.15, 0.2) is 12.2 Å². The Kier molecular flexibility index (Phi) is 2.90. The van der Waals surface area contributed by atoms with E-state index in [1.807, 2.05) is 13.0 Å². The van der Waals surface area contributed by atoms with Gasteiger partial charge in [-0.3, -0.25) is 0 Å². The smallest absolute Gasteiger partial charge is 0.0803 e. The molecule has 0 saturated heterocycles. The minimum absolute atomic E-state index is 0.138. The van der Waals surface area contributed by atoms with Gasteiger partial charge in [0.25, 0.3) is 0 Å². The molecule has 0 radical (unpaired) electrons. The summed E-state index contributed by atoms with van der Waals surface area (Å²) in [5, 5.41) is 8.77. The molecule has 1 aliphatic heterocycles. The molecule has 2 atom stereocenters. The molecule has 10 heavy (non-hydrogen) atoms. The summed E-state index contributed by atoms with van der Waals surface area (Å²) >= 11 is 0. The number of hydrogen-bond donors (Lipinski definition) is 1. The van der Waals surface area contributed by atoms with Crippen molar-refractivity contribution in [2.45, 2.75) is 19.4 Å². The van der Waals surface area contributed by atoms with Gasteiger partial charge < -0.3 is 9.84 Å². The molecule has 0 bridgehead atoms. The van der Waals surface area contributed by atoms with Crippen LogP contribution in [0.25, 0.3) is 0 Å². The topological polar surface area (TPSA) is 29.5 Å². The molecule has 0 unspecified atom stereocenters. The van der Waals surface area contributed by atoms with Crippen LogP contribution in [0.2, 0.25) is 0 Å². The molecule has 0 aromatic heterocycles. The fraction of sp³-hybridized carbons (Fsp3) is 0.750. The van der Waals surface area contributed by atoms with Crippen LogP contribution in [0.5, 0.6) is 0 Å². The van der Waals surface area contributed by atoms with E-state index in [1.54, 1.807) is 0 Å². The predicted molar refractivity (Wildman–Crippen MR) is 39.7 cm³/mol. The molecule has 0 spiro atoms. The Labute approximate surface area is 61.5 Å². The van der Waals surface area contributed by atoms with Crippen molar-refractivity contribution in [3.05, 3.63) is 12.2 Å². The van der Waals surface area contributed by atoms with Crippen molar-refractivity contribution in [3.8, 4) is 0 Å². The maximum Gasteiger partial charge on any atom is 0.0803 e. The van der Waals surface area contributed by atoms with E-state index in [0.29, 0.717) is 0 Å². The second kappa shape index (κ2) is 3.74. The molecule has 0 amide bonds. The van der Waals surface area contributed by atoms with Gasteiger partial charge in [-0.2, -0.15) is 0 Å². The molecule has 0 aromatic rings. The number of rotatable bonds is 2. The van der Waals surface area contributed by atoms with Crippen LogP contribution >= 0.6 is 0 Å². The lowest BCUT2D eigenvalue weighted by atomic mass is 10.0. The number of aliphatic hydroxyl groups excluding tert-OH is 1. The lowest BCUT2D eigenvalue weighted by Crippen LogP contribution is -2.24. The number of ether oxygens (including phenoxy) is 1. The van der Waals surface area contributed by atoms with Gasteiger partial charge in [-0.15, -0.1) is 0 Å². The summed E-state index contributed by atoms with van der Waals surface area (Å²) < 4.78 is 5.38. The van der Waals surface area contributed by atoms with Crippen LogP contribution in [-0.2, 0) is 4.74 Å². The molecular weight excluding hydrogens is 128 g/mol. The maximum atomic E-state index is 8.77. The molecule has 0 aliphatic carbocycles. The SMILES string of the molecule is C[C@@H](CO)[C@H]1C=CCCO1. The first-order valence-electron chi connectivity index (χ1n) is 3.73. The molecule has 2 nitrogen and oxygen atoms in total. The standard InChI is InChI=1S/C8H14O2/c1-7(6-9)8-4-2-3-5-10-8/h2,4,7-9H,3,5-6H2,1H3/t7-,8+/m0/s1. The third-order valence-electron chi connectivity index (χ3n) is 1.77. The lowest BCUT2D eigenvalue weighted by molar-refractivity contribution is 0.0254. The Morgan fingerprint density at radius 1 is 1.80 bits per heavy atom. The minimum Gasteiger partial charge on any atom is -0.396 e. The number of hydrogen-bond acceptors (Lipinski definition) is 2. The van der Waals surface area contributed by atoms with Crippen molar-refractivity contribution >= 4 is 0 Å². The Bertz CT molecular complexity index is 120. The molecule has 1 rings (SSSR count). The van der Waals surface area contributed by atoms with E-state index in [1.165, 1.54) is 0 Å². The van der Waals surface area contributed by atoms with Gasteiger partial charge in [0.1, 0.15) is 0 Å². The Hall–Kier alpha value is -0.340. The summed E-state index contributed by atoms with van der Waals surface area (Å²) in [7, 11) is 0. The molecule has 0 fully saturated rings. The monoisotopic (exact) mass is 142 g/mol. The predicted octanol–water partition coefficient (Wildman–Crippen LogP) is 0.960. The summed E-state index contributed by atoms with van der Waals surface area (Å²) in [5.74, 6) is 0.233. The van der Waals surface area contributed by atoms with E-state index in [9.17, 15) is 0 Å². The van der Waals surface area contributed by atoms with Crippen LogP contribution in [0, 0.1) is 5.92 Å². The highest BCUT2D eigenvalue weighted by atomic mass is 16.5. The van der Waals surface area contributed by atoms with Gasteiger partial charge in [0.15, 0.2) is 0 Å². The molecule has 1 N–H and O–H groups in total. The zero-order chi connectivity index (χ0) is 7.40. The molecule has 1 heterocycles. The van der Waals surface area contributed by atoms with Crippen LogP contribution in [0.1, 0.15) is 13.3 Å². The summed E-state index contributed by atoms with van der Waals surface area (Å²) in [4.78, 5) is 0. The Balaban J connectivity index is 2.38. The van der Waals surface area contributed by atoms with Crippen molar-refractivity contribution in [1.29, 1.82) is 0 Å². The average Bonchev–Trinajstić information content (AvgIpc) is 2.05. The second-order valence-corrected chi connectivity index (χ2v) is 2.71. The summed E-state index contributed by atoms with van der Waals surface area (Å²) in [6.07, 6.45) is 5.29. The van der Waals surface area contributed by atoms with Gasteiger partial charge in [0.2, 0.25) is 0 Å². The molecule has 58 valence electrons. The van der Waals surface area contributed by atoms with Gasteiger partial charge in [-0.05, 0) is 6.42 Å². The summed E-state index contributed by atoms with van der Waals surface area (Å²) in [5.41, 5.74) is 0. The zero-order valence-electron chi connectivity index (χ0n) is 6.29. The fourth-order valence-corrected chi connectivity index (χ4v) is 1.02. The van der Waals surface area contributed by atoms with Gasteiger partial charge in [0.05, 0.1) is 12.7 Å². The third kappa shape index (κ3) is 1.82. The van der Waals surface area contributed by atoms with E-state index in [2.05, 4.69) is 6.08 Å². The van der Waals surface area contributed by atoms with Crippen molar-refractivity contribution in [1.82, 2.24) is 0 Å². The zero-order valence-corrected chi connectivity index (χ0v) is 6.29. The van der Waals surface area contributed by atoms with Crippen molar-refractivity contribution in [2.24, 2.45) is 5.92 Å². The van der Waals surface area contributed by atoms with Crippen LogP contribution in [-0.4, -0.2) is 24.4 Å². The fourth-order valence-electron chi connectivity index (χ4n) is 1.02. The van der Waals surface area contributed by atoms with Gasteiger partial charge in [-0.1, -0.05) is 19.1 Å². The van der Waals surface area contributed by atoms with Crippen LogP contribution < -0.4 is 0 Å². The minimum atomic E-state index is 0.138. The lowest BCUT2D eigenvalue weighted by Gasteiger charge is -2.22. The highest BCUT2D eigenvalue weighted by Gasteiger charge is 2.15. The van der Waals surface area contributed by atoms with Crippen molar-refractivity contribution < 1.29 is 9.84 Å². The van der Waals surface area contributed by atoms with E-state index >= 15 is 0 Å². The highest BCUT2D eigenvalue weighted by molar-refractivity contribution is 4.95. The average molecular weight is 142 g/mol. The molecule has 0 aromatic carbocycles. The first-order chi connectivity index (χ1) is 4.84. The quantitative estimate of drug-likeness (QED) is 0.582. The van der Waals surface area contributed by atoms with E-state index in [4.69, 9.17) is 9.84 Å². The van der Waals surface area contributed by atoms with Gasteiger partial charge in [-0.25, -0.2) is 0 Å². The van der Waals surface area contributed by atoms with Gasteiger partial charge in [0, 0.05) is 12.5 Å². The van der Waals surface area contributed by atoms with E-state index < -0.39 is 0 Å². The highest BCUT2D eigenvalue weighted by Crippen LogP contribution is 2.12. The normalized spacial score (nSPS) is 28.4. The second-order valence-electron chi connectivity index (χ2n) is 2.71. The molecule has 0 saturated carbocycles. The first-order valence-corrected chi connectivity index (χ1v) is 3.73. The van der Waals surface area contributed by atoms with Crippen molar-refractivity contribution in [3.63, 3.8) is 0 Å². The number of aliphatic hydroxyl groups is 1. The first kappa shape index (κ1) is 7.76. The van der Waals surface area contributed by atoms with Gasteiger partial charge >= 0.3 is 0 Å². The Morgan fingerprint density at radius 3 is 3.10 bits per heavy atom. The van der Waals surface area contributed by atoms with Crippen LogP contribution in [0.3, 0.4) is 0 Å². The Morgan fingerprint density at radius 2 is 2.60 bits per heavy atom. The molecule has 2 heteroatoms. The molecular formula is C8H14O2. The largest absolute Gasteiger partial charge is 0.396 e. The third-order valence-corrected chi connectivity index (χ3v) is 1.77. The van der Waals surface area contributed by atoms with E-state index in [-0.39, 0.29) is 18.6 Å². The maximum absolute atomic E-state index is 8.77. The molecule has 1 aliphatic rings. The van der Waals surface area contributed by atoms with E-state index in [0.717, 1.165) is 13.0 Å². The van der Waals surface area contributed by atoms with Crippen molar-refractivity contribution in [2.75, 3.05) is 13.2 Å². The summed E-state index contributed by atoms with van der Waals surface area (Å²) in [6.45, 7) is 2.99. The summed E-state index contributed by atoms with van der Waals surface area (Å²) in [6, 6.07) is 0. The van der Waals surface area contributed by atoms with Crippen LogP contribution in [0.4, 0.5) is 0 Å².